The van der Waals surface area contributed by atoms with Crippen molar-refractivity contribution in [1.82, 2.24) is 10.0 Å². The van der Waals surface area contributed by atoms with Crippen LogP contribution in [0.4, 0.5) is 0 Å². The molecule has 0 aromatic carbocycles. The molecule has 1 heterocycles. The maximum Gasteiger partial charge on any atom is 0.244 e. The molecular formula is C10H18N2O3S2. The van der Waals surface area contributed by atoms with Crippen molar-refractivity contribution in [3.8, 4) is 0 Å². The molecule has 1 aromatic rings. The topological polar surface area (TPSA) is 71.3 Å². The summed E-state index contributed by atoms with van der Waals surface area (Å²) in [5, 5.41) is 2.92. The summed E-state index contributed by atoms with van der Waals surface area (Å²) in [4.78, 5) is 0.226. The fourth-order valence-electron chi connectivity index (χ4n) is 1.41. The van der Waals surface area contributed by atoms with Gasteiger partial charge in [0.25, 0.3) is 0 Å². The predicted molar refractivity (Wildman–Crippen MR) is 69.8 cm³/mol. The summed E-state index contributed by atoms with van der Waals surface area (Å²) in [5.41, 5.74) is 0. The van der Waals surface area contributed by atoms with Crippen molar-refractivity contribution in [3.63, 3.8) is 0 Å². The van der Waals surface area contributed by atoms with E-state index in [0.29, 0.717) is 24.6 Å². The monoisotopic (exact) mass is 278 g/mol. The number of furan rings is 1. The number of hydrogen-bond acceptors (Lipinski definition) is 5. The lowest BCUT2D eigenvalue weighted by atomic mass is 10.4. The van der Waals surface area contributed by atoms with Crippen LogP contribution in [0.5, 0.6) is 0 Å². The Labute approximate surface area is 106 Å². The Morgan fingerprint density at radius 1 is 1.47 bits per heavy atom. The molecule has 17 heavy (non-hydrogen) atoms. The number of aryl methyl sites for hydroxylation is 1. The molecule has 2 N–H and O–H groups in total. The van der Waals surface area contributed by atoms with Gasteiger partial charge in [0.15, 0.2) is 0 Å². The Morgan fingerprint density at radius 2 is 2.18 bits per heavy atom. The molecule has 1 rings (SSSR count). The minimum absolute atomic E-state index is 0.226. The summed E-state index contributed by atoms with van der Waals surface area (Å²) in [7, 11) is -1.67. The van der Waals surface area contributed by atoms with Crippen molar-refractivity contribution in [2.45, 2.75) is 18.4 Å². The van der Waals surface area contributed by atoms with E-state index in [4.69, 9.17) is 4.42 Å². The highest BCUT2D eigenvalue weighted by Gasteiger charge is 2.20. The highest BCUT2D eigenvalue weighted by atomic mass is 32.2. The first-order valence-corrected chi connectivity index (χ1v) is 8.11. The second-order valence-electron chi connectivity index (χ2n) is 3.55. The Balaban J connectivity index is 2.83. The Morgan fingerprint density at radius 3 is 2.76 bits per heavy atom. The van der Waals surface area contributed by atoms with Gasteiger partial charge in [0.05, 0.1) is 6.54 Å². The van der Waals surface area contributed by atoms with Gasteiger partial charge < -0.3 is 9.73 Å². The van der Waals surface area contributed by atoms with Crippen LogP contribution in [0.15, 0.2) is 15.4 Å². The quantitative estimate of drug-likeness (QED) is 0.727. The molecule has 0 atom stereocenters. The average Bonchev–Trinajstić information content (AvgIpc) is 2.61. The zero-order chi connectivity index (χ0) is 12.9. The van der Waals surface area contributed by atoms with Crippen LogP contribution in [0, 0.1) is 6.92 Å². The number of thioether (sulfide) groups is 1. The molecule has 0 aliphatic carbocycles. The largest absolute Gasteiger partial charge is 0.464 e. The van der Waals surface area contributed by atoms with Gasteiger partial charge in [-0.3, -0.25) is 0 Å². The Kier molecular flexibility index (Phi) is 5.51. The third kappa shape index (κ3) is 4.02. The number of nitrogens with one attached hydrogen (secondary N) is 2. The molecule has 0 aliphatic heterocycles. The van der Waals surface area contributed by atoms with Crippen LogP contribution < -0.4 is 10.0 Å². The van der Waals surface area contributed by atoms with Crippen LogP contribution in [0.25, 0.3) is 0 Å². The molecule has 0 saturated heterocycles. The van der Waals surface area contributed by atoms with Crippen molar-refractivity contribution in [3.05, 3.63) is 17.6 Å². The summed E-state index contributed by atoms with van der Waals surface area (Å²) in [6.07, 6.45) is 1.93. The Hall–Kier alpha value is -0.500. The molecule has 0 saturated carbocycles. The van der Waals surface area contributed by atoms with Crippen molar-refractivity contribution in [2.24, 2.45) is 0 Å². The number of rotatable bonds is 7. The smallest absolute Gasteiger partial charge is 0.244 e. The molecule has 1 aromatic heterocycles. The van der Waals surface area contributed by atoms with E-state index in [1.54, 1.807) is 31.8 Å². The summed E-state index contributed by atoms with van der Waals surface area (Å²) in [5.74, 6) is 1.79. The lowest BCUT2D eigenvalue weighted by molar-refractivity contribution is 0.466. The van der Waals surface area contributed by atoms with Crippen LogP contribution in [-0.4, -0.2) is 34.0 Å². The van der Waals surface area contributed by atoms with Crippen molar-refractivity contribution < 1.29 is 12.8 Å². The van der Waals surface area contributed by atoms with Gasteiger partial charge >= 0.3 is 0 Å². The maximum atomic E-state index is 11.9. The van der Waals surface area contributed by atoms with Gasteiger partial charge in [-0.05, 0) is 20.2 Å². The molecule has 0 bridgehead atoms. The molecule has 0 aliphatic rings. The summed E-state index contributed by atoms with van der Waals surface area (Å²) in [6.45, 7) is 2.60. The molecule has 0 spiro atoms. The van der Waals surface area contributed by atoms with Crippen LogP contribution in [0.2, 0.25) is 0 Å². The van der Waals surface area contributed by atoms with Gasteiger partial charge in [0, 0.05) is 18.4 Å². The molecule has 5 nitrogen and oxygen atoms in total. The lowest BCUT2D eigenvalue weighted by Gasteiger charge is -2.03. The van der Waals surface area contributed by atoms with Crippen molar-refractivity contribution in [2.75, 3.05) is 25.6 Å². The van der Waals surface area contributed by atoms with Crippen LogP contribution in [0.1, 0.15) is 11.5 Å². The van der Waals surface area contributed by atoms with E-state index in [-0.39, 0.29) is 4.90 Å². The maximum absolute atomic E-state index is 11.9. The van der Waals surface area contributed by atoms with E-state index in [2.05, 4.69) is 10.0 Å². The minimum Gasteiger partial charge on any atom is -0.464 e. The molecule has 0 fully saturated rings. The molecule has 0 unspecified atom stereocenters. The zero-order valence-corrected chi connectivity index (χ0v) is 11.9. The van der Waals surface area contributed by atoms with Crippen molar-refractivity contribution >= 4 is 21.8 Å². The van der Waals surface area contributed by atoms with E-state index >= 15 is 0 Å². The van der Waals surface area contributed by atoms with E-state index in [1.807, 2.05) is 6.26 Å². The second kappa shape index (κ2) is 6.44. The van der Waals surface area contributed by atoms with Gasteiger partial charge in [0.1, 0.15) is 16.4 Å². The first-order valence-electron chi connectivity index (χ1n) is 5.23. The van der Waals surface area contributed by atoms with Crippen LogP contribution >= 0.6 is 11.8 Å². The van der Waals surface area contributed by atoms with E-state index < -0.39 is 10.0 Å². The number of sulfonamides is 1. The first-order chi connectivity index (χ1) is 8.01. The zero-order valence-electron chi connectivity index (χ0n) is 10.2. The molecule has 0 amide bonds. The molecule has 0 radical (unpaired) electrons. The van der Waals surface area contributed by atoms with E-state index in [9.17, 15) is 8.42 Å². The molecule has 98 valence electrons. The second-order valence-corrected chi connectivity index (χ2v) is 6.28. The number of hydrogen-bond donors (Lipinski definition) is 2. The highest BCUT2D eigenvalue weighted by molar-refractivity contribution is 7.98. The normalized spacial score (nSPS) is 11.9. The highest BCUT2D eigenvalue weighted by Crippen LogP contribution is 2.19. The van der Waals surface area contributed by atoms with Crippen LogP contribution in [0.3, 0.4) is 0 Å². The predicted octanol–water partition coefficient (Wildman–Crippen LogP) is 0.949. The Bertz CT molecular complexity index is 454. The summed E-state index contributed by atoms with van der Waals surface area (Å²) in [6, 6.07) is 1.56. The van der Waals surface area contributed by atoms with Crippen molar-refractivity contribution in [1.29, 1.82) is 0 Å². The third-order valence-corrected chi connectivity index (χ3v) is 4.34. The first kappa shape index (κ1) is 14.6. The average molecular weight is 278 g/mol. The summed E-state index contributed by atoms with van der Waals surface area (Å²) >= 11 is 1.59. The third-order valence-electron chi connectivity index (χ3n) is 2.16. The van der Waals surface area contributed by atoms with Gasteiger partial charge in [-0.2, -0.15) is 11.8 Å². The SMILES string of the molecule is CNCc1cc(S(=O)(=O)NCCSC)c(C)o1. The fourth-order valence-corrected chi connectivity index (χ4v) is 3.08. The van der Waals surface area contributed by atoms with E-state index in [0.717, 1.165) is 5.75 Å². The minimum atomic E-state index is -3.45. The van der Waals surface area contributed by atoms with Gasteiger partial charge in [-0.15, -0.1) is 0 Å². The van der Waals surface area contributed by atoms with Crippen LogP contribution in [-0.2, 0) is 16.6 Å². The van der Waals surface area contributed by atoms with E-state index in [1.165, 1.54) is 0 Å². The van der Waals surface area contributed by atoms with Gasteiger partial charge in [-0.1, -0.05) is 0 Å². The lowest BCUT2D eigenvalue weighted by Crippen LogP contribution is -2.26. The fraction of sp³-hybridized carbons (Fsp3) is 0.600. The summed E-state index contributed by atoms with van der Waals surface area (Å²) < 4.78 is 31.8. The van der Waals surface area contributed by atoms with Gasteiger partial charge in [-0.25, -0.2) is 13.1 Å². The standard InChI is InChI=1S/C10H18N2O3S2/c1-8-10(6-9(15-8)7-11-2)17(13,14)12-4-5-16-3/h6,11-12H,4-5,7H2,1-3H3. The van der Waals surface area contributed by atoms with Gasteiger partial charge in [0.2, 0.25) is 10.0 Å². The molecule has 7 heteroatoms. The molecular weight excluding hydrogens is 260 g/mol.